The summed E-state index contributed by atoms with van der Waals surface area (Å²) in [5, 5.41) is 16.6. The SMILES string of the molecule is C[C@H](N[C@H]1CCCC[C@@H]1C(N)=O)C(=O)Nc1cccc([N+](=O)[O-])c1. The van der Waals surface area contributed by atoms with Crippen molar-refractivity contribution in [1.29, 1.82) is 0 Å². The number of nitrogens with two attached hydrogens (primary N) is 1. The van der Waals surface area contributed by atoms with E-state index in [1.54, 1.807) is 13.0 Å². The fourth-order valence-corrected chi connectivity index (χ4v) is 3.02. The molecular formula is C16H22N4O4. The summed E-state index contributed by atoms with van der Waals surface area (Å²) in [6, 6.07) is 5.09. The van der Waals surface area contributed by atoms with Crippen molar-refractivity contribution in [2.45, 2.75) is 44.7 Å². The Balaban J connectivity index is 1.97. The first-order chi connectivity index (χ1) is 11.4. The van der Waals surface area contributed by atoms with Crippen LogP contribution in [-0.2, 0) is 9.59 Å². The van der Waals surface area contributed by atoms with Gasteiger partial charge in [0.15, 0.2) is 0 Å². The third-order valence-corrected chi connectivity index (χ3v) is 4.31. The van der Waals surface area contributed by atoms with Gasteiger partial charge in [-0.05, 0) is 25.8 Å². The van der Waals surface area contributed by atoms with E-state index in [1.807, 2.05) is 0 Å². The lowest BCUT2D eigenvalue weighted by Crippen LogP contribution is -2.51. The van der Waals surface area contributed by atoms with Crippen LogP contribution in [-0.4, -0.2) is 28.8 Å². The number of carbonyl (C=O) groups excluding carboxylic acids is 2. The van der Waals surface area contributed by atoms with E-state index in [9.17, 15) is 19.7 Å². The van der Waals surface area contributed by atoms with E-state index in [0.29, 0.717) is 5.69 Å². The summed E-state index contributed by atoms with van der Waals surface area (Å²) in [4.78, 5) is 34.1. The Hall–Kier alpha value is -2.48. The van der Waals surface area contributed by atoms with Crippen molar-refractivity contribution in [3.05, 3.63) is 34.4 Å². The average Bonchev–Trinajstić information content (AvgIpc) is 2.55. The Morgan fingerprint density at radius 1 is 1.33 bits per heavy atom. The number of nitrogens with one attached hydrogen (secondary N) is 2. The van der Waals surface area contributed by atoms with E-state index in [4.69, 9.17) is 5.73 Å². The maximum absolute atomic E-state index is 12.3. The Morgan fingerprint density at radius 3 is 2.71 bits per heavy atom. The van der Waals surface area contributed by atoms with Gasteiger partial charge in [-0.15, -0.1) is 0 Å². The molecule has 1 aliphatic rings. The number of non-ortho nitro benzene ring substituents is 1. The van der Waals surface area contributed by atoms with Crippen LogP contribution in [0.2, 0.25) is 0 Å². The second-order valence-corrected chi connectivity index (χ2v) is 6.08. The largest absolute Gasteiger partial charge is 0.369 e. The molecule has 4 N–H and O–H groups in total. The first-order valence-electron chi connectivity index (χ1n) is 7.99. The van der Waals surface area contributed by atoms with Crippen LogP contribution in [0.25, 0.3) is 0 Å². The van der Waals surface area contributed by atoms with E-state index in [2.05, 4.69) is 10.6 Å². The van der Waals surface area contributed by atoms with Crippen LogP contribution >= 0.6 is 0 Å². The molecule has 1 fully saturated rings. The summed E-state index contributed by atoms with van der Waals surface area (Å²) in [7, 11) is 0. The highest BCUT2D eigenvalue weighted by molar-refractivity contribution is 5.94. The lowest BCUT2D eigenvalue weighted by Gasteiger charge is -2.32. The summed E-state index contributed by atoms with van der Waals surface area (Å²) >= 11 is 0. The normalized spacial score (nSPS) is 21.7. The zero-order valence-electron chi connectivity index (χ0n) is 13.5. The molecule has 0 radical (unpaired) electrons. The molecule has 0 aliphatic heterocycles. The van der Waals surface area contributed by atoms with Crippen LogP contribution in [0.5, 0.6) is 0 Å². The molecule has 3 atom stereocenters. The molecule has 8 heteroatoms. The van der Waals surface area contributed by atoms with Gasteiger partial charge in [-0.3, -0.25) is 19.7 Å². The topological polar surface area (TPSA) is 127 Å². The van der Waals surface area contributed by atoms with Gasteiger partial charge < -0.3 is 16.4 Å². The van der Waals surface area contributed by atoms with Crippen LogP contribution in [0.15, 0.2) is 24.3 Å². The van der Waals surface area contributed by atoms with Crippen molar-refractivity contribution < 1.29 is 14.5 Å². The van der Waals surface area contributed by atoms with Crippen LogP contribution in [0, 0.1) is 16.0 Å². The van der Waals surface area contributed by atoms with Gasteiger partial charge in [-0.2, -0.15) is 0 Å². The van der Waals surface area contributed by atoms with E-state index >= 15 is 0 Å². The lowest BCUT2D eigenvalue weighted by molar-refractivity contribution is -0.384. The first-order valence-corrected chi connectivity index (χ1v) is 7.99. The van der Waals surface area contributed by atoms with Gasteiger partial charge in [0.05, 0.1) is 16.9 Å². The second kappa shape index (κ2) is 7.87. The molecule has 24 heavy (non-hydrogen) atoms. The van der Waals surface area contributed by atoms with Crippen LogP contribution in [0.1, 0.15) is 32.6 Å². The fourth-order valence-electron chi connectivity index (χ4n) is 3.02. The minimum Gasteiger partial charge on any atom is -0.369 e. The number of hydrogen-bond donors (Lipinski definition) is 3. The first kappa shape index (κ1) is 17.9. The molecular weight excluding hydrogens is 312 g/mol. The number of nitro benzene ring substituents is 1. The predicted molar refractivity (Wildman–Crippen MR) is 89.3 cm³/mol. The number of carbonyl (C=O) groups is 2. The zero-order valence-corrected chi connectivity index (χ0v) is 13.5. The van der Waals surface area contributed by atoms with E-state index in [-0.39, 0.29) is 29.5 Å². The third-order valence-electron chi connectivity index (χ3n) is 4.31. The van der Waals surface area contributed by atoms with E-state index in [1.165, 1.54) is 18.2 Å². The van der Waals surface area contributed by atoms with Crippen molar-refractivity contribution in [3.63, 3.8) is 0 Å². The quantitative estimate of drug-likeness (QED) is 0.537. The number of primary amides is 1. The van der Waals surface area contributed by atoms with Gasteiger partial charge in [-0.1, -0.05) is 18.9 Å². The van der Waals surface area contributed by atoms with E-state index < -0.39 is 11.0 Å². The fraction of sp³-hybridized carbons (Fsp3) is 0.500. The Bertz CT molecular complexity index is 634. The molecule has 8 nitrogen and oxygen atoms in total. The number of nitro groups is 1. The highest BCUT2D eigenvalue weighted by Crippen LogP contribution is 2.24. The van der Waals surface area contributed by atoms with Gasteiger partial charge in [0, 0.05) is 23.9 Å². The van der Waals surface area contributed by atoms with Gasteiger partial charge in [-0.25, -0.2) is 0 Å². The lowest BCUT2D eigenvalue weighted by atomic mass is 9.83. The third kappa shape index (κ3) is 4.51. The number of anilines is 1. The molecule has 1 saturated carbocycles. The summed E-state index contributed by atoms with van der Waals surface area (Å²) in [6.07, 6.45) is 3.47. The number of nitrogens with zero attached hydrogens (tertiary/aromatic N) is 1. The van der Waals surface area contributed by atoms with Crippen LogP contribution in [0.3, 0.4) is 0 Å². The van der Waals surface area contributed by atoms with Crippen molar-refractivity contribution in [3.8, 4) is 0 Å². The van der Waals surface area contributed by atoms with Gasteiger partial charge in [0.2, 0.25) is 11.8 Å². The van der Waals surface area contributed by atoms with E-state index in [0.717, 1.165) is 25.7 Å². The Labute approximate surface area is 139 Å². The molecule has 1 aromatic carbocycles. The van der Waals surface area contributed by atoms with Crippen molar-refractivity contribution in [2.75, 3.05) is 5.32 Å². The number of amides is 2. The predicted octanol–water partition coefficient (Wildman–Crippen LogP) is 1.56. The average molecular weight is 334 g/mol. The van der Waals surface area contributed by atoms with Crippen LogP contribution < -0.4 is 16.4 Å². The molecule has 0 aromatic heterocycles. The van der Waals surface area contributed by atoms with Crippen LogP contribution in [0.4, 0.5) is 11.4 Å². The number of rotatable bonds is 6. The highest BCUT2D eigenvalue weighted by atomic mass is 16.6. The monoisotopic (exact) mass is 334 g/mol. The van der Waals surface area contributed by atoms with Crippen molar-refractivity contribution >= 4 is 23.2 Å². The molecule has 2 rings (SSSR count). The zero-order chi connectivity index (χ0) is 17.7. The number of benzene rings is 1. The maximum atomic E-state index is 12.3. The standard InChI is InChI=1S/C16H22N4O4/c1-10(18-14-8-3-2-7-13(14)15(17)21)16(22)19-11-5-4-6-12(9-11)20(23)24/h4-6,9-10,13-14,18H,2-3,7-8H2,1H3,(H2,17,21)(H,19,22)/t10-,13-,14-/m0/s1. The van der Waals surface area contributed by atoms with Gasteiger partial charge >= 0.3 is 0 Å². The maximum Gasteiger partial charge on any atom is 0.271 e. The summed E-state index contributed by atoms with van der Waals surface area (Å²) in [5.41, 5.74) is 5.71. The molecule has 0 bridgehead atoms. The minimum absolute atomic E-state index is 0.0884. The molecule has 0 saturated heterocycles. The minimum atomic E-state index is -0.547. The summed E-state index contributed by atoms with van der Waals surface area (Å²) in [6.45, 7) is 1.69. The molecule has 2 amide bonds. The smallest absolute Gasteiger partial charge is 0.271 e. The molecule has 130 valence electrons. The Morgan fingerprint density at radius 2 is 2.04 bits per heavy atom. The molecule has 0 unspecified atom stereocenters. The summed E-state index contributed by atoms with van der Waals surface area (Å²) in [5.74, 6) is -0.936. The van der Waals surface area contributed by atoms with Crippen molar-refractivity contribution in [2.24, 2.45) is 11.7 Å². The van der Waals surface area contributed by atoms with Gasteiger partial charge in [0.25, 0.3) is 5.69 Å². The molecule has 0 heterocycles. The van der Waals surface area contributed by atoms with Gasteiger partial charge in [0.1, 0.15) is 0 Å². The highest BCUT2D eigenvalue weighted by Gasteiger charge is 2.31. The molecule has 1 aliphatic carbocycles. The second-order valence-electron chi connectivity index (χ2n) is 6.08. The van der Waals surface area contributed by atoms with Crippen molar-refractivity contribution in [1.82, 2.24) is 5.32 Å². The molecule has 1 aromatic rings. The molecule has 0 spiro atoms. The number of hydrogen-bond acceptors (Lipinski definition) is 5. The summed E-state index contributed by atoms with van der Waals surface area (Å²) < 4.78 is 0. The Kier molecular flexibility index (Phi) is 5.86.